The molecule has 2 aromatic rings. The van der Waals surface area contributed by atoms with E-state index in [1.807, 2.05) is 68.3 Å². The van der Waals surface area contributed by atoms with E-state index in [2.05, 4.69) is 56.2 Å². The Balaban J connectivity index is 1.43. The van der Waals surface area contributed by atoms with Gasteiger partial charge in [0.15, 0.2) is 0 Å². The minimum absolute atomic E-state index is 0.0112. The fraction of sp³-hybridized carbons (Fsp3) is 0.667. The van der Waals surface area contributed by atoms with Gasteiger partial charge in [-0.3, -0.25) is 14.5 Å². The van der Waals surface area contributed by atoms with Crippen LogP contribution in [0, 0.1) is 35.0 Å². The van der Waals surface area contributed by atoms with Gasteiger partial charge in [0.2, 0.25) is 5.91 Å². The van der Waals surface area contributed by atoms with Crippen molar-refractivity contribution in [3.8, 4) is 16.9 Å². The van der Waals surface area contributed by atoms with Crippen molar-refractivity contribution in [2.24, 2.45) is 35.0 Å². The van der Waals surface area contributed by atoms with E-state index in [1.165, 1.54) is 6.42 Å². The van der Waals surface area contributed by atoms with Gasteiger partial charge in [-0.05, 0) is 93.1 Å². The number of ether oxygens (including phenoxy) is 1. The van der Waals surface area contributed by atoms with E-state index in [4.69, 9.17) is 4.74 Å². The zero-order valence-corrected chi connectivity index (χ0v) is 33.4. The van der Waals surface area contributed by atoms with Gasteiger partial charge in [0, 0.05) is 74.1 Å². The molecule has 0 spiro atoms. The summed E-state index contributed by atoms with van der Waals surface area (Å²) in [4.78, 5) is 34.1. The first-order chi connectivity index (χ1) is 24.4. The van der Waals surface area contributed by atoms with Crippen LogP contribution in [0.3, 0.4) is 0 Å². The third-order valence-electron chi connectivity index (χ3n) is 12.5. The quantitative estimate of drug-likeness (QED) is 0.219. The molecule has 6 rings (SSSR count). The minimum Gasteiger partial charge on any atom is -0.496 e. The average molecular weight is 720 g/mol. The van der Waals surface area contributed by atoms with Gasteiger partial charge in [0.05, 0.1) is 25.4 Å². The number of benzene rings is 2. The van der Waals surface area contributed by atoms with Crippen LogP contribution in [0.4, 0.5) is 5.69 Å². The average Bonchev–Trinajstić information content (AvgIpc) is 3.39. The number of β-amino-alcohol motifs (C(OH)–C–C–N with tert-alkyl or cyclic N) is 1. The molecule has 4 fully saturated rings. The monoisotopic (exact) mass is 719 g/mol. The molecule has 0 aromatic heterocycles. The van der Waals surface area contributed by atoms with Crippen molar-refractivity contribution < 1.29 is 24.5 Å². The maximum Gasteiger partial charge on any atom is 0.251 e. The van der Waals surface area contributed by atoms with Crippen LogP contribution in [0.25, 0.3) is 11.1 Å². The summed E-state index contributed by atoms with van der Waals surface area (Å²) in [6.07, 6.45) is 1.34. The van der Waals surface area contributed by atoms with Crippen LogP contribution in [-0.4, -0.2) is 111 Å². The SMILES string of the molecule is COc1c(CN2C[C@H](O)[C@@H]([C@H](C)O)[C@H]2C(=O)NC2C[C@H]3C[C@@H]([C@@H]2C)C3(C)C)cccc1-c1cc(C(=O)N[C@@H](CC(C)C)CN(C)C)cc(N(C)C)c1. The van der Waals surface area contributed by atoms with Crippen molar-refractivity contribution in [2.75, 3.05) is 53.3 Å². The number of carbonyl (C=O) groups is 2. The molecule has 3 aliphatic carbocycles. The lowest BCUT2D eigenvalue weighted by molar-refractivity contribution is -0.139. The number of likely N-dealkylation sites (N-methyl/N-ethyl adjacent to an activating group) is 1. The van der Waals surface area contributed by atoms with E-state index in [-0.39, 0.29) is 30.4 Å². The molecule has 1 unspecified atom stereocenters. The van der Waals surface area contributed by atoms with E-state index in [9.17, 15) is 19.8 Å². The minimum atomic E-state index is -0.865. The lowest BCUT2D eigenvalue weighted by Crippen LogP contribution is -2.62. The second-order valence-corrected chi connectivity index (χ2v) is 17.6. The highest BCUT2D eigenvalue weighted by atomic mass is 16.5. The number of rotatable bonds is 14. The van der Waals surface area contributed by atoms with E-state index in [0.717, 1.165) is 41.8 Å². The van der Waals surface area contributed by atoms with Crippen molar-refractivity contribution in [2.45, 2.75) is 97.7 Å². The van der Waals surface area contributed by atoms with E-state index in [1.54, 1.807) is 14.0 Å². The topological polar surface area (TPSA) is 118 Å². The number of hydrogen-bond acceptors (Lipinski definition) is 8. The number of aliphatic hydroxyl groups excluding tert-OH is 2. The highest BCUT2D eigenvalue weighted by Crippen LogP contribution is 2.61. The summed E-state index contributed by atoms with van der Waals surface area (Å²) < 4.78 is 6.10. The molecule has 9 atom stereocenters. The Morgan fingerprint density at radius 3 is 2.37 bits per heavy atom. The fourth-order valence-electron chi connectivity index (χ4n) is 9.64. The van der Waals surface area contributed by atoms with E-state index >= 15 is 0 Å². The van der Waals surface area contributed by atoms with Gasteiger partial charge in [0.25, 0.3) is 5.91 Å². The van der Waals surface area contributed by atoms with Gasteiger partial charge in [-0.15, -0.1) is 0 Å². The number of amides is 2. The van der Waals surface area contributed by atoms with E-state index in [0.29, 0.717) is 46.9 Å². The first-order valence-electron chi connectivity index (χ1n) is 19.3. The van der Waals surface area contributed by atoms with Crippen LogP contribution in [0.15, 0.2) is 36.4 Å². The molecule has 2 aromatic carbocycles. The number of nitrogens with one attached hydrogen (secondary N) is 2. The molecule has 2 amide bonds. The van der Waals surface area contributed by atoms with Crippen LogP contribution >= 0.6 is 0 Å². The Bertz CT molecular complexity index is 1560. The first kappa shape index (κ1) is 40.0. The number of likely N-dealkylation sites (tertiary alicyclic amines) is 1. The largest absolute Gasteiger partial charge is 0.496 e. The highest BCUT2D eigenvalue weighted by molar-refractivity contribution is 5.97. The molecule has 4 N–H and O–H groups in total. The molecule has 52 heavy (non-hydrogen) atoms. The summed E-state index contributed by atoms with van der Waals surface area (Å²) in [7, 11) is 9.60. The molecule has 1 aliphatic heterocycles. The molecule has 1 saturated heterocycles. The van der Waals surface area contributed by atoms with E-state index < -0.39 is 24.2 Å². The Kier molecular flexibility index (Phi) is 12.3. The third kappa shape index (κ3) is 8.30. The number of carbonyl (C=O) groups excluding carboxylic acids is 2. The zero-order chi connectivity index (χ0) is 38.2. The van der Waals surface area contributed by atoms with Crippen LogP contribution in [0.2, 0.25) is 0 Å². The molecule has 1 heterocycles. The molecular formula is C42H65N5O5. The van der Waals surface area contributed by atoms with Gasteiger partial charge in [-0.1, -0.05) is 52.8 Å². The van der Waals surface area contributed by atoms with Crippen LogP contribution in [0.5, 0.6) is 5.75 Å². The molecule has 0 radical (unpaired) electrons. The number of aliphatic hydroxyl groups is 2. The lowest BCUT2D eigenvalue weighted by Gasteiger charge is -2.62. The van der Waals surface area contributed by atoms with Crippen molar-refractivity contribution in [1.29, 1.82) is 0 Å². The maximum atomic E-state index is 14.2. The number of nitrogens with zero attached hydrogens (tertiary/aromatic N) is 3. The highest BCUT2D eigenvalue weighted by Gasteiger charge is 2.57. The molecule has 288 valence electrons. The second-order valence-electron chi connectivity index (χ2n) is 17.6. The summed E-state index contributed by atoms with van der Waals surface area (Å²) in [5, 5.41) is 28.7. The van der Waals surface area contributed by atoms with Crippen LogP contribution in [0.1, 0.15) is 76.7 Å². The third-order valence-corrected chi connectivity index (χ3v) is 12.5. The number of anilines is 1. The van der Waals surface area contributed by atoms with Crippen molar-refractivity contribution in [1.82, 2.24) is 20.4 Å². The molecular weight excluding hydrogens is 654 g/mol. The predicted molar refractivity (Wildman–Crippen MR) is 208 cm³/mol. The Labute approximate surface area is 312 Å². The normalized spacial score (nSPS) is 27.9. The summed E-state index contributed by atoms with van der Waals surface area (Å²) in [5.41, 5.74) is 4.29. The number of para-hydroxylation sites is 1. The lowest BCUT2D eigenvalue weighted by atomic mass is 9.45. The van der Waals surface area contributed by atoms with Crippen molar-refractivity contribution in [3.05, 3.63) is 47.5 Å². The summed E-state index contributed by atoms with van der Waals surface area (Å²) in [5.74, 6) is 1.76. The number of methoxy groups -OCH3 is 1. The van der Waals surface area contributed by atoms with Gasteiger partial charge >= 0.3 is 0 Å². The second kappa shape index (κ2) is 16.0. The molecule has 10 heteroatoms. The predicted octanol–water partition coefficient (Wildman–Crippen LogP) is 4.86. The Morgan fingerprint density at radius 2 is 1.79 bits per heavy atom. The Hall–Kier alpha value is -3.18. The van der Waals surface area contributed by atoms with Crippen LogP contribution in [-0.2, 0) is 11.3 Å². The zero-order valence-electron chi connectivity index (χ0n) is 33.4. The summed E-state index contributed by atoms with van der Waals surface area (Å²) in [6.45, 7) is 14.3. The maximum absolute atomic E-state index is 14.2. The first-order valence-corrected chi connectivity index (χ1v) is 19.3. The van der Waals surface area contributed by atoms with Gasteiger partial charge in [0.1, 0.15) is 5.75 Å². The number of fused-ring (bicyclic) bond motifs is 2. The molecule has 4 aliphatic rings. The van der Waals surface area contributed by atoms with Gasteiger partial charge < -0.3 is 35.4 Å². The molecule has 2 bridgehead atoms. The molecule has 10 nitrogen and oxygen atoms in total. The van der Waals surface area contributed by atoms with Gasteiger partial charge in [-0.25, -0.2) is 0 Å². The van der Waals surface area contributed by atoms with Crippen molar-refractivity contribution >= 4 is 17.5 Å². The summed E-state index contributed by atoms with van der Waals surface area (Å²) >= 11 is 0. The smallest absolute Gasteiger partial charge is 0.251 e. The Morgan fingerprint density at radius 1 is 1.08 bits per heavy atom. The number of hydrogen-bond donors (Lipinski definition) is 4. The standard InChI is InChI=1S/C42H65N5O5/c1-24(2)15-31(22-45(7)8)43-40(50)29-16-28(17-32(18-29)46(9)10)33-14-12-13-27(39(33)52-11)21-47-23-36(49)37(26(4)48)38(47)41(51)44-35-20-30-19-34(25(35)3)42(30,5)6/h12-14,16-18,24-26,30-31,34-38,48-49H,15,19-23H2,1-11H3,(H,43,50)(H,44,51)/t25-,26-,30+,31-,34-,35?,36-,37+,38-/m0/s1. The van der Waals surface area contributed by atoms with Crippen LogP contribution < -0.4 is 20.3 Å². The molecule has 3 saturated carbocycles. The van der Waals surface area contributed by atoms with Crippen molar-refractivity contribution in [3.63, 3.8) is 0 Å². The fourth-order valence-corrected chi connectivity index (χ4v) is 9.64. The summed E-state index contributed by atoms with van der Waals surface area (Å²) in [6, 6.07) is 11.2. The van der Waals surface area contributed by atoms with Gasteiger partial charge in [-0.2, -0.15) is 0 Å².